The topological polar surface area (TPSA) is 110 Å². The third-order valence-corrected chi connectivity index (χ3v) is 3.18. The Morgan fingerprint density at radius 2 is 2.00 bits per heavy atom. The minimum Gasteiger partial charge on any atom is -0.351 e. The number of aromatic amines is 1. The van der Waals surface area contributed by atoms with E-state index in [-0.39, 0.29) is 30.0 Å². The number of hydrogen-bond acceptors (Lipinski definition) is 5. The van der Waals surface area contributed by atoms with Crippen LogP contribution in [0, 0.1) is 6.92 Å². The molecule has 2 aromatic heterocycles. The Hall–Kier alpha value is -2.98. The first-order valence-electron chi connectivity index (χ1n) is 7.08. The number of nitrogens with zero attached hydrogens (tertiary/aromatic N) is 3. The van der Waals surface area contributed by atoms with Crippen LogP contribution < -0.4 is 16.6 Å². The van der Waals surface area contributed by atoms with E-state index in [0.717, 1.165) is 16.8 Å². The van der Waals surface area contributed by atoms with Crippen LogP contribution in [0.5, 0.6) is 0 Å². The summed E-state index contributed by atoms with van der Waals surface area (Å²) < 4.78 is 39.1. The Labute approximate surface area is 138 Å². The number of aromatic nitrogens is 4. The van der Waals surface area contributed by atoms with Gasteiger partial charge in [0.2, 0.25) is 0 Å². The second kappa shape index (κ2) is 6.87. The van der Waals surface area contributed by atoms with Crippen LogP contribution in [0.25, 0.3) is 0 Å². The minimum atomic E-state index is -4.59. The van der Waals surface area contributed by atoms with Crippen molar-refractivity contribution in [2.24, 2.45) is 7.05 Å². The van der Waals surface area contributed by atoms with Crippen molar-refractivity contribution in [1.82, 2.24) is 24.8 Å². The van der Waals surface area contributed by atoms with E-state index < -0.39 is 29.0 Å². The lowest BCUT2D eigenvalue weighted by molar-refractivity contribution is -0.141. The van der Waals surface area contributed by atoms with E-state index in [2.05, 4.69) is 15.3 Å². The number of carbonyl (C=O) groups excluding carboxylic acids is 1. The molecule has 0 saturated carbocycles. The maximum absolute atomic E-state index is 12.7. The predicted molar refractivity (Wildman–Crippen MR) is 80.1 cm³/mol. The molecule has 0 aliphatic carbocycles. The summed E-state index contributed by atoms with van der Waals surface area (Å²) in [6.45, 7) is 1.32. The van der Waals surface area contributed by atoms with Crippen molar-refractivity contribution in [2.45, 2.75) is 19.5 Å². The van der Waals surface area contributed by atoms with Crippen molar-refractivity contribution >= 4 is 5.91 Å². The van der Waals surface area contributed by atoms with Crippen LogP contribution in [0.15, 0.2) is 21.9 Å². The smallest absolute Gasteiger partial charge is 0.351 e. The third-order valence-electron chi connectivity index (χ3n) is 3.18. The van der Waals surface area contributed by atoms with Crippen LogP contribution in [-0.2, 0) is 19.6 Å². The van der Waals surface area contributed by atoms with Crippen molar-refractivity contribution in [3.05, 3.63) is 55.9 Å². The minimum absolute atomic E-state index is 0.0554. The standard InChI is InChI=1S/C14H14F3N5O3/c1-7-5-9(14(15,16)17)20-10(19-7)3-4-18-11(23)8-6-22(2)13(25)21-12(8)24/h5-6H,3-4H2,1-2H3,(H,18,23)(H,21,24,25). The van der Waals surface area contributed by atoms with Crippen LogP contribution in [-0.4, -0.2) is 32.0 Å². The monoisotopic (exact) mass is 357 g/mol. The van der Waals surface area contributed by atoms with Crippen molar-refractivity contribution in [2.75, 3.05) is 6.54 Å². The molecule has 2 aromatic rings. The highest BCUT2D eigenvalue weighted by molar-refractivity contribution is 5.93. The molecule has 0 saturated heterocycles. The fraction of sp³-hybridized carbons (Fsp3) is 0.357. The normalized spacial score (nSPS) is 11.4. The van der Waals surface area contributed by atoms with Gasteiger partial charge in [-0.1, -0.05) is 0 Å². The molecule has 0 aliphatic rings. The van der Waals surface area contributed by atoms with Gasteiger partial charge in [-0.15, -0.1) is 0 Å². The number of hydrogen-bond donors (Lipinski definition) is 2. The summed E-state index contributed by atoms with van der Waals surface area (Å²) in [6.07, 6.45) is -3.57. The van der Waals surface area contributed by atoms with Gasteiger partial charge in [-0.25, -0.2) is 14.8 Å². The Bertz CT molecular complexity index is 917. The fourth-order valence-corrected chi connectivity index (χ4v) is 2.00. The van der Waals surface area contributed by atoms with Gasteiger partial charge in [0.25, 0.3) is 11.5 Å². The Balaban J connectivity index is 2.07. The van der Waals surface area contributed by atoms with E-state index in [4.69, 9.17) is 0 Å². The van der Waals surface area contributed by atoms with Crippen molar-refractivity contribution in [3.8, 4) is 0 Å². The van der Waals surface area contributed by atoms with E-state index in [1.165, 1.54) is 14.0 Å². The number of halogens is 3. The molecule has 0 spiro atoms. The molecule has 2 rings (SSSR count). The van der Waals surface area contributed by atoms with Gasteiger partial charge in [-0.3, -0.25) is 14.6 Å². The summed E-state index contributed by atoms with van der Waals surface area (Å²) in [7, 11) is 1.36. The number of nitrogens with one attached hydrogen (secondary N) is 2. The van der Waals surface area contributed by atoms with Crippen LogP contribution in [0.1, 0.15) is 27.6 Å². The second-order valence-corrected chi connectivity index (χ2v) is 5.23. The molecule has 25 heavy (non-hydrogen) atoms. The molecule has 8 nitrogen and oxygen atoms in total. The summed E-state index contributed by atoms with van der Waals surface area (Å²) in [5.74, 6) is -0.845. The Morgan fingerprint density at radius 1 is 1.32 bits per heavy atom. The highest BCUT2D eigenvalue weighted by Gasteiger charge is 2.33. The van der Waals surface area contributed by atoms with Crippen LogP contribution >= 0.6 is 0 Å². The molecule has 2 heterocycles. The zero-order valence-electron chi connectivity index (χ0n) is 13.3. The highest BCUT2D eigenvalue weighted by Crippen LogP contribution is 2.27. The SMILES string of the molecule is Cc1cc(C(F)(F)F)nc(CCNC(=O)c2cn(C)c(=O)[nH]c2=O)n1. The van der Waals surface area contributed by atoms with Gasteiger partial charge in [0.1, 0.15) is 17.1 Å². The summed E-state index contributed by atoms with van der Waals surface area (Å²) in [5, 5.41) is 2.38. The van der Waals surface area contributed by atoms with E-state index in [9.17, 15) is 27.6 Å². The van der Waals surface area contributed by atoms with Gasteiger partial charge in [0.15, 0.2) is 0 Å². The molecule has 0 atom stereocenters. The van der Waals surface area contributed by atoms with Crippen LogP contribution in [0.2, 0.25) is 0 Å². The number of carbonyl (C=O) groups is 1. The van der Waals surface area contributed by atoms with Crippen molar-refractivity contribution in [3.63, 3.8) is 0 Å². The zero-order chi connectivity index (χ0) is 18.8. The first-order chi connectivity index (χ1) is 11.6. The maximum atomic E-state index is 12.7. The number of aryl methyl sites for hydroxylation is 2. The van der Waals surface area contributed by atoms with Crippen LogP contribution in [0.4, 0.5) is 13.2 Å². The van der Waals surface area contributed by atoms with Crippen LogP contribution in [0.3, 0.4) is 0 Å². The fourth-order valence-electron chi connectivity index (χ4n) is 2.00. The predicted octanol–water partition coefficient (Wildman–Crippen LogP) is 0.163. The van der Waals surface area contributed by atoms with E-state index in [0.29, 0.717) is 0 Å². The molecule has 134 valence electrons. The molecular weight excluding hydrogens is 343 g/mol. The molecule has 0 bridgehead atoms. The summed E-state index contributed by atoms with van der Waals surface area (Å²) in [4.78, 5) is 44.0. The lowest BCUT2D eigenvalue weighted by Gasteiger charge is -2.09. The maximum Gasteiger partial charge on any atom is 0.433 e. The summed E-state index contributed by atoms with van der Waals surface area (Å²) in [6, 6.07) is 0.825. The number of H-pyrrole nitrogens is 1. The molecule has 2 N–H and O–H groups in total. The van der Waals surface area contributed by atoms with E-state index >= 15 is 0 Å². The molecule has 0 radical (unpaired) electrons. The summed E-state index contributed by atoms with van der Waals surface area (Å²) >= 11 is 0. The quantitative estimate of drug-likeness (QED) is 0.810. The van der Waals surface area contributed by atoms with Gasteiger partial charge in [-0.2, -0.15) is 13.2 Å². The highest BCUT2D eigenvalue weighted by atomic mass is 19.4. The molecule has 0 aliphatic heterocycles. The summed E-state index contributed by atoms with van der Waals surface area (Å²) in [5.41, 5.74) is -2.72. The van der Waals surface area contributed by atoms with E-state index in [1.807, 2.05) is 4.98 Å². The van der Waals surface area contributed by atoms with Gasteiger partial charge in [0.05, 0.1) is 0 Å². The zero-order valence-corrected chi connectivity index (χ0v) is 13.3. The molecular formula is C14H14F3N5O3. The van der Waals surface area contributed by atoms with Gasteiger partial charge in [-0.05, 0) is 13.0 Å². The lowest BCUT2D eigenvalue weighted by atomic mass is 10.2. The molecule has 11 heteroatoms. The van der Waals surface area contributed by atoms with E-state index in [1.54, 1.807) is 0 Å². The van der Waals surface area contributed by atoms with Crippen molar-refractivity contribution in [1.29, 1.82) is 0 Å². The van der Waals surface area contributed by atoms with Crippen molar-refractivity contribution < 1.29 is 18.0 Å². The second-order valence-electron chi connectivity index (χ2n) is 5.23. The number of rotatable bonds is 4. The average Bonchev–Trinajstić information content (AvgIpc) is 2.49. The molecule has 1 amide bonds. The lowest BCUT2D eigenvalue weighted by Crippen LogP contribution is -2.36. The Kier molecular flexibility index (Phi) is 5.04. The van der Waals surface area contributed by atoms with Gasteiger partial charge in [0, 0.05) is 31.9 Å². The average molecular weight is 357 g/mol. The number of amides is 1. The molecule has 0 aromatic carbocycles. The number of alkyl halides is 3. The molecule has 0 fully saturated rings. The van der Waals surface area contributed by atoms with Gasteiger partial charge >= 0.3 is 11.9 Å². The third kappa shape index (κ3) is 4.52. The first kappa shape index (κ1) is 18.4. The Morgan fingerprint density at radius 3 is 2.64 bits per heavy atom. The molecule has 0 unspecified atom stereocenters. The first-order valence-corrected chi connectivity index (χ1v) is 7.08. The van der Waals surface area contributed by atoms with Gasteiger partial charge < -0.3 is 9.88 Å². The largest absolute Gasteiger partial charge is 0.433 e.